The fourth-order valence-electron chi connectivity index (χ4n) is 1.59. The molecule has 1 amide bonds. The molecule has 0 radical (unpaired) electrons. The summed E-state index contributed by atoms with van der Waals surface area (Å²) in [5.41, 5.74) is -0.158. The van der Waals surface area contributed by atoms with Gasteiger partial charge in [-0.2, -0.15) is 0 Å². The molecule has 100 valence electrons. The molecule has 19 heavy (non-hydrogen) atoms. The second-order valence-corrected chi connectivity index (χ2v) is 4.80. The van der Waals surface area contributed by atoms with Gasteiger partial charge in [-0.25, -0.2) is 9.78 Å². The van der Waals surface area contributed by atoms with Gasteiger partial charge < -0.3 is 15.2 Å². The van der Waals surface area contributed by atoms with E-state index in [4.69, 9.17) is 5.11 Å². The number of carboxylic acid groups (broad SMARTS) is 1. The summed E-state index contributed by atoms with van der Waals surface area (Å²) in [6.07, 6.45) is 0.362. The Kier molecular flexibility index (Phi) is 4.00. The Bertz CT molecular complexity index is 534. The quantitative estimate of drug-likeness (QED) is 0.793. The zero-order chi connectivity index (χ0) is 13.8. The van der Waals surface area contributed by atoms with E-state index in [-0.39, 0.29) is 16.6 Å². The molecule has 2 N–H and O–H groups in total. The van der Waals surface area contributed by atoms with Crippen LogP contribution < -0.4 is 10.1 Å². The van der Waals surface area contributed by atoms with Gasteiger partial charge >= 0.3 is 6.16 Å². The van der Waals surface area contributed by atoms with Gasteiger partial charge in [0.05, 0.1) is 6.04 Å². The van der Waals surface area contributed by atoms with Crippen LogP contribution in [-0.4, -0.2) is 39.1 Å². The van der Waals surface area contributed by atoms with Crippen molar-refractivity contribution in [3.05, 3.63) is 24.0 Å². The summed E-state index contributed by atoms with van der Waals surface area (Å²) in [5, 5.41) is 11.0. The van der Waals surface area contributed by atoms with Crippen molar-refractivity contribution in [1.29, 1.82) is 0 Å². The van der Waals surface area contributed by atoms with E-state index in [1.165, 1.54) is 18.3 Å². The van der Waals surface area contributed by atoms with E-state index in [9.17, 15) is 14.4 Å². The number of pyridine rings is 1. The number of rotatable bonds is 3. The largest absolute Gasteiger partial charge is 0.511 e. The number of carbonyl (C=O) groups is 3. The molecule has 1 unspecified atom stereocenters. The lowest BCUT2D eigenvalue weighted by atomic mass is 10.2. The molecule has 1 aliphatic rings. The molecule has 8 heteroatoms. The minimum absolute atomic E-state index is 0.106. The van der Waals surface area contributed by atoms with E-state index in [0.717, 1.165) is 11.8 Å². The first-order chi connectivity index (χ1) is 9.08. The zero-order valence-electron chi connectivity index (χ0n) is 9.66. The lowest BCUT2D eigenvalue weighted by molar-refractivity contribution is -0.112. The van der Waals surface area contributed by atoms with E-state index >= 15 is 0 Å². The number of thioether (sulfide) groups is 1. The van der Waals surface area contributed by atoms with Crippen LogP contribution in [0.25, 0.3) is 0 Å². The second kappa shape index (κ2) is 5.70. The van der Waals surface area contributed by atoms with Crippen LogP contribution in [0.1, 0.15) is 16.9 Å². The monoisotopic (exact) mass is 282 g/mol. The normalized spacial score (nSPS) is 18.1. The summed E-state index contributed by atoms with van der Waals surface area (Å²) in [7, 11) is 0. The number of ether oxygens (including phenoxy) is 1. The highest BCUT2D eigenvalue weighted by molar-refractivity contribution is 8.14. The first kappa shape index (κ1) is 13.3. The minimum atomic E-state index is -1.53. The third-order valence-corrected chi connectivity index (χ3v) is 3.43. The zero-order valence-corrected chi connectivity index (χ0v) is 10.5. The Hall–Kier alpha value is -2.09. The molecule has 1 atom stereocenters. The Morgan fingerprint density at radius 3 is 2.95 bits per heavy atom. The molecule has 1 aliphatic heterocycles. The molecule has 0 aromatic carbocycles. The fraction of sp³-hybridized carbons (Fsp3) is 0.273. The molecular formula is C11H10N2O5S. The molecule has 1 aromatic rings. The highest BCUT2D eigenvalue weighted by atomic mass is 32.2. The number of aromatic nitrogens is 1. The van der Waals surface area contributed by atoms with Gasteiger partial charge in [-0.3, -0.25) is 9.59 Å². The maximum atomic E-state index is 11.9. The summed E-state index contributed by atoms with van der Waals surface area (Å²) in [6.45, 7) is 0. The van der Waals surface area contributed by atoms with Crippen molar-refractivity contribution in [3.63, 3.8) is 0 Å². The lowest BCUT2D eigenvalue weighted by Crippen LogP contribution is -2.37. The van der Waals surface area contributed by atoms with Crippen molar-refractivity contribution in [1.82, 2.24) is 10.3 Å². The lowest BCUT2D eigenvalue weighted by Gasteiger charge is -2.11. The topological polar surface area (TPSA) is 106 Å². The predicted molar refractivity (Wildman–Crippen MR) is 66.2 cm³/mol. The van der Waals surface area contributed by atoms with Gasteiger partial charge in [0.1, 0.15) is 0 Å². The molecule has 2 heterocycles. The molecule has 2 rings (SSSR count). The highest BCUT2D eigenvalue weighted by Gasteiger charge is 2.28. The van der Waals surface area contributed by atoms with Gasteiger partial charge in [-0.05, 0) is 18.6 Å². The average Bonchev–Trinajstić information content (AvgIpc) is 2.75. The van der Waals surface area contributed by atoms with Crippen LogP contribution in [0.15, 0.2) is 18.3 Å². The Labute approximate surface area is 112 Å². The summed E-state index contributed by atoms with van der Waals surface area (Å²) in [6, 6.07) is 2.21. The Balaban J connectivity index is 2.14. The van der Waals surface area contributed by atoms with Crippen LogP contribution in [-0.2, 0) is 4.79 Å². The number of hydrogen-bond donors (Lipinski definition) is 2. The first-order valence-electron chi connectivity index (χ1n) is 5.41. The smallest absolute Gasteiger partial charge is 0.449 e. The van der Waals surface area contributed by atoms with Gasteiger partial charge in [-0.1, -0.05) is 11.8 Å². The molecule has 0 aliphatic carbocycles. The van der Waals surface area contributed by atoms with E-state index in [0.29, 0.717) is 12.2 Å². The second-order valence-electron chi connectivity index (χ2n) is 3.70. The van der Waals surface area contributed by atoms with Gasteiger partial charge in [0.15, 0.2) is 11.4 Å². The number of amides is 1. The van der Waals surface area contributed by atoms with Gasteiger partial charge in [-0.15, -0.1) is 0 Å². The van der Waals surface area contributed by atoms with Crippen molar-refractivity contribution in [2.24, 2.45) is 0 Å². The summed E-state index contributed by atoms with van der Waals surface area (Å²) in [4.78, 5) is 37.6. The van der Waals surface area contributed by atoms with Crippen molar-refractivity contribution >= 4 is 28.9 Å². The van der Waals surface area contributed by atoms with Crippen LogP contribution in [0.2, 0.25) is 0 Å². The maximum Gasteiger partial charge on any atom is 0.511 e. The van der Waals surface area contributed by atoms with Gasteiger partial charge in [0, 0.05) is 11.9 Å². The van der Waals surface area contributed by atoms with Crippen LogP contribution in [0, 0.1) is 0 Å². The molecule has 1 fully saturated rings. The van der Waals surface area contributed by atoms with Crippen LogP contribution in [0.5, 0.6) is 5.75 Å². The summed E-state index contributed by atoms with van der Waals surface area (Å²) in [5.74, 6) is -0.131. The van der Waals surface area contributed by atoms with Crippen LogP contribution in [0.3, 0.4) is 0 Å². The number of hydrogen-bond acceptors (Lipinski definition) is 6. The minimum Gasteiger partial charge on any atom is -0.449 e. The van der Waals surface area contributed by atoms with Crippen LogP contribution >= 0.6 is 11.8 Å². The fourth-order valence-corrected chi connectivity index (χ4v) is 2.52. The standard InChI is InChI=1S/C11H10N2O5S/c14-9(13-6-3-5-19-10(6)15)8-7(18-11(16)17)2-1-4-12-8/h1-2,4,6H,3,5H2,(H,13,14)(H,16,17). The highest BCUT2D eigenvalue weighted by Crippen LogP contribution is 2.21. The van der Waals surface area contributed by atoms with Gasteiger partial charge in [0.2, 0.25) is 5.12 Å². The third-order valence-electron chi connectivity index (χ3n) is 2.42. The van der Waals surface area contributed by atoms with Crippen molar-refractivity contribution in [3.8, 4) is 5.75 Å². The molecule has 7 nitrogen and oxygen atoms in total. The molecule has 0 saturated carbocycles. The third kappa shape index (κ3) is 3.22. The molecule has 1 saturated heterocycles. The van der Waals surface area contributed by atoms with E-state index in [1.807, 2.05) is 0 Å². The van der Waals surface area contributed by atoms with Crippen molar-refractivity contribution in [2.45, 2.75) is 12.5 Å². The number of carbonyl (C=O) groups excluding carboxylic acids is 2. The Morgan fingerprint density at radius 2 is 2.32 bits per heavy atom. The number of nitrogens with one attached hydrogen (secondary N) is 1. The molecular weight excluding hydrogens is 272 g/mol. The summed E-state index contributed by atoms with van der Waals surface area (Å²) >= 11 is 1.16. The van der Waals surface area contributed by atoms with E-state index < -0.39 is 18.1 Å². The SMILES string of the molecule is O=C(O)Oc1cccnc1C(=O)NC1CCSC1=O. The van der Waals surface area contributed by atoms with Gasteiger partial charge in [0.25, 0.3) is 5.91 Å². The van der Waals surface area contributed by atoms with Crippen LogP contribution in [0.4, 0.5) is 4.79 Å². The molecule has 0 spiro atoms. The maximum absolute atomic E-state index is 11.9. The predicted octanol–water partition coefficient (Wildman–Crippen LogP) is 0.900. The molecule has 1 aromatic heterocycles. The molecule has 0 bridgehead atoms. The number of nitrogens with zero attached hydrogens (tertiary/aromatic N) is 1. The average molecular weight is 282 g/mol. The van der Waals surface area contributed by atoms with Crippen molar-refractivity contribution in [2.75, 3.05) is 5.75 Å². The first-order valence-corrected chi connectivity index (χ1v) is 6.40. The van der Waals surface area contributed by atoms with E-state index in [2.05, 4.69) is 15.0 Å². The summed E-state index contributed by atoms with van der Waals surface area (Å²) < 4.78 is 4.46. The Morgan fingerprint density at radius 1 is 1.53 bits per heavy atom. The van der Waals surface area contributed by atoms with Crippen molar-refractivity contribution < 1.29 is 24.2 Å². The van der Waals surface area contributed by atoms with E-state index in [1.54, 1.807) is 0 Å².